The van der Waals surface area contributed by atoms with Crippen molar-refractivity contribution in [2.75, 3.05) is 13.6 Å². The van der Waals surface area contributed by atoms with Crippen LogP contribution in [0.4, 0.5) is 0 Å². The van der Waals surface area contributed by atoms with Gasteiger partial charge in [0.2, 0.25) is 12.2 Å². The number of likely N-dealkylation sites (tertiary alicyclic amines) is 1. The first-order chi connectivity index (χ1) is 17.9. The number of hydrogen-bond acceptors (Lipinski definition) is 11. The normalized spacial score (nSPS) is 30.2. The van der Waals surface area contributed by atoms with Gasteiger partial charge in [0.25, 0.3) is 0 Å². The van der Waals surface area contributed by atoms with Gasteiger partial charge in [-0.1, -0.05) is 12.1 Å². The summed E-state index contributed by atoms with van der Waals surface area (Å²) in [4.78, 5) is 50.3. The van der Waals surface area contributed by atoms with Gasteiger partial charge < -0.3 is 39.2 Å². The standard InChI is InChI=1S/C26H29NO11/c1-12(29)35-20(23(31)32)21(36-13(2)30)24(33)37-16-6-7-26(34)17-10-14-4-5-15(11-28)19-18(14)25(26,22(16)38-19)8-9-27(17)3/h4-6,17,20-22,28,34H,7-11H2,1-3H3,(H,31,32)/t17-,20+,21+,22+,25+,26-/m1/s1. The minimum atomic E-state index is -2.14. The molecule has 3 N–H and O–H groups in total. The Bertz CT molecular complexity index is 1260. The quantitative estimate of drug-likeness (QED) is 0.317. The van der Waals surface area contributed by atoms with Crippen LogP contribution in [0.5, 0.6) is 5.75 Å². The van der Waals surface area contributed by atoms with Crippen molar-refractivity contribution in [3.63, 3.8) is 0 Å². The van der Waals surface area contributed by atoms with Crippen molar-refractivity contribution in [2.45, 2.75) is 75.1 Å². The van der Waals surface area contributed by atoms with Gasteiger partial charge in [0, 0.05) is 37.4 Å². The Balaban J connectivity index is 1.56. The number of nitrogens with zero attached hydrogens (tertiary/aromatic N) is 1. The molecule has 1 fully saturated rings. The van der Waals surface area contributed by atoms with E-state index in [9.17, 15) is 34.5 Å². The van der Waals surface area contributed by atoms with E-state index in [2.05, 4.69) is 4.90 Å². The maximum absolute atomic E-state index is 13.3. The van der Waals surface area contributed by atoms with Gasteiger partial charge in [-0.2, -0.15) is 0 Å². The topological polar surface area (TPSA) is 169 Å². The molecule has 0 radical (unpaired) electrons. The van der Waals surface area contributed by atoms with Gasteiger partial charge in [0.05, 0.1) is 17.6 Å². The van der Waals surface area contributed by atoms with Crippen LogP contribution in [0, 0.1) is 0 Å². The summed E-state index contributed by atoms with van der Waals surface area (Å²) >= 11 is 0. The summed E-state index contributed by atoms with van der Waals surface area (Å²) in [5.74, 6) is -4.52. The second-order valence-corrected chi connectivity index (χ2v) is 10.2. The number of benzene rings is 1. The Labute approximate surface area is 217 Å². The third-order valence-electron chi connectivity index (χ3n) is 8.18. The number of carbonyl (C=O) groups excluding carboxylic acids is 3. The Morgan fingerprint density at radius 3 is 2.47 bits per heavy atom. The first kappa shape index (κ1) is 26.1. The first-order valence-electron chi connectivity index (χ1n) is 12.3. The first-order valence-corrected chi connectivity index (χ1v) is 12.3. The van der Waals surface area contributed by atoms with E-state index in [-0.39, 0.29) is 24.8 Å². The number of aliphatic hydroxyl groups is 2. The largest absolute Gasteiger partial charge is 0.481 e. The molecule has 2 heterocycles. The van der Waals surface area contributed by atoms with E-state index >= 15 is 0 Å². The van der Waals surface area contributed by atoms with E-state index in [1.165, 1.54) is 6.08 Å². The maximum Gasteiger partial charge on any atom is 0.357 e. The van der Waals surface area contributed by atoms with Crippen LogP contribution in [0.3, 0.4) is 0 Å². The molecular formula is C26H29NO11. The van der Waals surface area contributed by atoms with Crippen molar-refractivity contribution in [2.24, 2.45) is 0 Å². The summed E-state index contributed by atoms with van der Waals surface area (Å²) in [5.41, 5.74) is -0.00318. The number of likely N-dealkylation sites (N-methyl/N-ethyl adjacent to an activating group) is 1. The predicted octanol–water partition coefficient (Wildman–Crippen LogP) is -0.0522. The highest BCUT2D eigenvalue weighted by Crippen LogP contribution is 2.64. The smallest absolute Gasteiger partial charge is 0.357 e. The number of piperidine rings is 1. The van der Waals surface area contributed by atoms with E-state index in [0.717, 1.165) is 25.0 Å². The van der Waals surface area contributed by atoms with E-state index in [0.29, 0.717) is 30.7 Å². The molecular weight excluding hydrogens is 502 g/mol. The summed E-state index contributed by atoms with van der Waals surface area (Å²) in [6.07, 6.45) is -2.54. The number of carboxylic acids is 1. The van der Waals surface area contributed by atoms with Crippen LogP contribution in [0.15, 0.2) is 24.0 Å². The molecule has 5 rings (SSSR count). The maximum atomic E-state index is 13.3. The van der Waals surface area contributed by atoms with E-state index in [1.807, 2.05) is 13.1 Å². The van der Waals surface area contributed by atoms with Crippen molar-refractivity contribution >= 4 is 23.9 Å². The van der Waals surface area contributed by atoms with Crippen molar-refractivity contribution in [3.05, 3.63) is 40.7 Å². The average molecular weight is 532 g/mol. The number of ether oxygens (including phenoxy) is 4. The molecule has 12 nitrogen and oxygen atoms in total. The molecule has 0 saturated carbocycles. The molecule has 1 spiro atoms. The van der Waals surface area contributed by atoms with Gasteiger partial charge in [0.15, 0.2) is 6.10 Å². The molecule has 0 amide bonds. The van der Waals surface area contributed by atoms with Gasteiger partial charge in [-0.05, 0) is 38.1 Å². The SMILES string of the molecule is CC(=O)O[C@H](C(=O)O)[C@H](OC(C)=O)C(=O)OC1=CC[C@@]2(O)[C@H]3Cc4ccc(CO)c5c4[C@@]2(CCN3C)[C@H]1O5. The number of hydrogen-bond donors (Lipinski definition) is 3. The molecule has 2 aliphatic heterocycles. The van der Waals surface area contributed by atoms with Gasteiger partial charge in [-0.15, -0.1) is 0 Å². The molecule has 0 unspecified atom stereocenters. The van der Waals surface area contributed by atoms with Crippen molar-refractivity contribution in [1.29, 1.82) is 0 Å². The molecule has 38 heavy (non-hydrogen) atoms. The van der Waals surface area contributed by atoms with Crippen molar-refractivity contribution < 1.29 is 53.4 Å². The van der Waals surface area contributed by atoms with Crippen LogP contribution in [-0.2, 0) is 51.8 Å². The molecule has 1 aromatic carbocycles. The second kappa shape index (κ2) is 9.07. The number of carboxylic acid groups (broad SMARTS) is 1. The molecule has 4 aliphatic rings. The zero-order valence-electron chi connectivity index (χ0n) is 21.1. The minimum Gasteiger partial charge on any atom is -0.481 e. The highest BCUT2D eigenvalue weighted by Gasteiger charge is 2.72. The number of aliphatic carboxylic acids is 1. The Hall–Kier alpha value is -3.48. The lowest BCUT2D eigenvalue weighted by Crippen LogP contribution is -2.74. The molecule has 2 aliphatic carbocycles. The Morgan fingerprint density at radius 2 is 1.84 bits per heavy atom. The number of esters is 3. The van der Waals surface area contributed by atoms with Crippen LogP contribution >= 0.6 is 0 Å². The van der Waals surface area contributed by atoms with E-state index in [4.69, 9.17) is 18.9 Å². The molecule has 0 aromatic heterocycles. The monoisotopic (exact) mass is 531 g/mol. The summed E-state index contributed by atoms with van der Waals surface area (Å²) in [7, 11) is 1.94. The minimum absolute atomic E-state index is 0.0139. The van der Waals surface area contributed by atoms with Crippen LogP contribution in [0.1, 0.15) is 43.4 Å². The fourth-order valence-corrected chi connectivity index (χ4v) is 6.64. The average Bonchev–Trinajstić information content (AvgIpc) is 3.20. The second-order valence-electron chi connectivity index (χ2n) is 10.2. The van der Waals surface area contributed by atoms with Crippen molar-refractivity contribution in [1.82, 2.24) is 4.90 Å². The fraction of sp³-hybridized carbons (Fsp3) is 0.538. The fourth-order valence-electron chi connectivity index (χ4n) is 6.64. The third kappa shape index (κ3) is 3.62. The van der Waals surface area contributed by atoms with E-state index in [1.54, 1.807) is 6.07 Å². The number of aliphatic hydroxyl groups excluding tert-OH is 1. The number of rotatable bonds is 7. The van der Waals surface area contributed by atoms with Crippen LogP contribution in [0.2, 0.25) is 0 Å². The van der Waals surface area contributed by atoms with Gasteiger partial charge in [-0.3, -0.25) is 9.59 Å². The highest BCUT2D eigenvalue weighted by molar-refractivity contribution is 5.88. The zero-order valence-corrected chi connectivity index (χ0v) is 21.1. The lowest BCUT2D eigenvalue weighted by Gasteiger charge is -2.61. The predicted molar refractivity (Wildman–Crippen MR) is 126 cm³/mol. The molecule has 1 aromatic rings. The zero-order chi connectivity index (χ0) is 27.6. The summed E-state index contributed by atoms with van der Waals surface area (Å²) in [6, 6.07) is 3.44. The molecule has 12 heteroatoms. The summed E-state index contributed by atoms with van der Waals surface area (Å²) in [6.45, 7) is 2.25. The lowest BCUT2D eigenvalue weighted by molar-refractivity contribution is -0.190. The van der Waals surface area contributed by atoms with E-state index < -0.39 is 53.2 Å². The van der Waals surface area contributed by atoms with Crippen LogP contribution < -0.4 is 4.74 Å². The van der Waals surface area contributed by atoms with Gasteiger partial charge in [0.1, 0.15) is 11.5 Å². The molecule has 2 bridgehead atoms. The lowest BCUT2D eigenvalue weighted by atomic mass is 9.50. The number of carbonyl (C=O) groups is 4. The van der Waals surface area contributed by atoms with Crippen LogP contribution in [-0.4, -0.2) is 87.6 Å². The molecule has 6 atom stereocenters. The van der Waals surface area contributed by atoms with Crippen LogP contribution in [0.25, 0.3) is 0 Å². The van der Waals surface area contributed by atoms with Crippen molar-refractivity contribution in [3.8, 4) is 5.75 Å². The summed E-state index contributed by atoms with van der Waals surface area (Å²) < 4.78 is 21.7. The highest BCUT2D eigenvalue weighted by atomic mass is 16.6. The Morgan fingerprint density at radius 1 is 1.16 bits per heavy atom. The molecule has 204 valence electrons. The third-order valence-corrected chi connectivity index (χ3v) is 8.18. The van der Waals surface area contributed by atoms with Gasteiger partial charge >= 0.3 is 23.9 Å². The summed E-state index contributed by atoms with van der Waals surface area (Å²) in [5, 5.41) is 31.8. The molecule has 1 saturated heterocycles. The van der Waals surface area contributed by atoms with Gasteiger partial charge in [-0.25, -0.2) is 9.59 Å². The Kier molecular flexibility index (Phi) is 6.24.